The molecule has 5 atom stereocenters. The second-order valence-electron chi connectivity index (χ2n) is 17.1. The average Bonchev–Trinajstić information content (AvgIpc) is 4.00. The topological polar surface area (TPSA) is 199 Å². The maximum atomic E-state index is 14.5. The molecule has 2 saturated carbocycles. The Bertz CT molecular complexity index is 1790. The zero-order valence-electron chi connectivity index (χ0n) is 32.6. The van der Waals surface area contributed by atoms with Crippen molar-refractivity contribution in [1.82, 2.24) is 25.2 Å². The van der Waals surface area contributed by atoms with Crippen LogP contribution in [0, 0.1) is 11.3 Å². The van der Waals surface area contributed by atoms with Gasteiger partial charge in [0.15, 0.2) is 0 Å². The molecule has 3 heterocycles. The highest BCUT2D eigenvalue weighted by Crippen LogP contribution is 2.47. The van der Waals surface area contributed by atoms with Crippen molar-refractivity contribution in [2.24, 2.45) is 11.3 Å². The van der Waals surface area contributed by atoms with Gasteiger partial charge in [0.05, 0.1) is 30.5 Å². The van der Waals surface area contributed by atoms with E-state index in [1.54, 1.807) is 34.6 Å². The lowest BCUT2D eigenvalue weighted by atomic mass is 9.85. The molecular weight excluding hydrogens is 735 g/mol. The Balaban J connectivity index is 1.27. The maximum absolute atomic E-state index is 14.5. The van der Waals surface area contributed by atoms with Crippen molar-refractivity contribution in [3.05, 3.63) is 29.3 Å². The summed E-state index contributed by atoms with van der Waals surface area (Å²) in [5, 5.41) is 4.86. The molecule has 0 spiro atoms. The van der Waals surface area contributed by atoms with Gasteiger partial charge in [0, 0.05) is 25.1 Å². The minimum absolute atomic E-state index is 0.0971. The van der Waals surface area contributed by atoms with Crippen LogP contribution in [0.3, 0.4) is 0 Å². The number of rotatable bonds is 6. The molecule has 1 unspecified atom stereocenters. The van der Waals surface area contributed by atoms with Gasteiger partial charge in [-0.05, 0) is 68.9 Å². The standard InChI is InChI=1S/C38H55N5O11S/c1-7-24-18-38(24,33(46)41-55(49,50)26-13-14-26)40-31(44)28-17-25-20-43(28)32(45)30(36(2,3)4)39-34(47)52-22-37(5,6)53-16-9-8-15-51-29-12-10-11-23-19-42(21-27(23)29)35(48)54-25/h10-12,24-26,28,30H,7-9,13-22H2,1-6H3,(H,39,47)(H,40,44)(H,41,46)/t24-,25+,28?,30+,38-/m0/s1. The highest BCUT2D eigenvalue weighted by Gasteiger charge is 2.62. The normalized spacial score (nSPS) is 29.1. The van der Waals surface area contributed by atoms with Crippen LogP contribution in [-0.4, -0.2) is 109 Å². The zero-order valence-corrected chi connectivity index (χ0v) is 33.4. The summed E-state index contributed by atoms with van der Waals surface area (Å²) in [6.07, 6.45) is 0.529. The minimum Gasteiger partial charge on any atom is -0.493 e. The summed E-state index contributed by atoms with van der Waals surface area (Å²) in [5.41, 5.74) is -1.38. The maximum Gasteiger partial charge on any atom is 0.410 e. The molecular formula is C38H55N5O11S. The zero-order chi connectivity index (χ0) is 39.9. The van der Waals surface area contributed by atoms with Gasteiger partial charge in [-0.15, -0.1) is 0 Å². The second-order valence-corrected chi connectivity index (χ2v) is 19.1. The number of sulfonamides is 1. The van der Waals surface area contributed by atoms with Crippen molar-refractivity contribution >= 4 is 39.9 Å². The quantitative estimate of drug-likeness (QED) is 0.383. The van der Waals surface area contributed by atoms with Gasteiger partial charge >= 0.3 is 12.2 Å². The van der Waals surface area contributed by atoms with E-state index >= 15 is 0 Å². The SMILES string of the molecule is CC[C@H]1C[C@@]1(NC(=O)C1C[C@@H]2CN1C(=O)[C@H](C(C)(C)C)NC(=O)OCC(C)(C)OCCCCOc1cccc3c1CN(C3)C(=O)O2)C(=O)NS(=O)(=O)C1CC1. The molecule has 3 N–H and O–H groups in total. The van der Waals surface area contributed by atoms with E-state index in [0.29, 0.717) is 51.1 Å². The third kappa shape index (κ3) is 9.14. The molecule has 1 saturated heterocycles. The third-order valence-corrected chi connectivity index (χ3v) is 12.9. The molecule has 5 amide bonds. The number of alkyl carbamates (subject to hydrolysis) is 1. The Morgan fingerprint density at radius 2 is 1.76 bits per heavy atom. The van der Waals surface area contributed by atoms with E-state index in [9.17, 15) is 32.4 Å². The Morgan fingerprint density at radius 3 is 2.44 bits per heavy atom. The summed E-state index contributed by atoms with van der Waals surface area (Å²) < 4.78 is 51.2. The number of fused-ring (bicyclic) bond motifs is 3. The first kappa shape index (κ1) is 40.5. The molecule has 55 heavy (non-hydrogen) atoms. The van der Waals surface area contributed by atoms with E-state index in [-0.39, 0.29) is 45.0 Å². The molecule has 2 aliphatic carbocycles. The number of carbonyl (C=O) groups excluding carboxylic acids is 5. The fraction of sp³-hybridized carbons (Fsp3) is 0.711. The van der Waals surface area contributed by atoms with E-state index in [4.69, 9.17) is 18.9 Å². The van der Waals surface area contributed by atoms with Crippen LogP contribution in [0.2, 0.25) is 0 Å². The lowest BCUT2D eigenvalue weighted by Gasteiger charge is -2.35. The highest BCUT2D eigenvalue weighted by molar-refractivity contribution is 7.91. The van der Waals surface area contributed by atoms with Crippen LogP contribution < -0.4 is 20.1 Å². The average molecular weight is 790 g/mol. The monoisotopic (exact) mass is 789 g/mol. The smallest absolute Gasteiger partial charge is 0.410 e. The van der Waals surface area contributed by atoms with E-state index in [2.05, 4.69) is 15.4 Å². The van der Waals surface area contributed by atoms with Gasteiger partial charge in [0.1, 0.15) is 36.1 Å². The van der Waals surface area contributed by atoms with Crippen LogP contribution in [0.4, 0.5) is 9.59 Å². The molecule has 0 radical (unpaired) electrons. The van der Waals surface area contributed by atoms with Crippen LogP contribution in [0.25, 0.3) is 0 Å². The summed E-state index contributed by atoms with van der Waals surface area (Å²) in [5.74, 6) is -1.78. The fourth-order valence-electron chi connectivity index (χ4n) is 7.53. The first-order valence-corrected chi connectivity index (χ1v) is 20.8. The molecule has 3 aliphatic heterocycles. The number of nitrogens with zero attached hydrogens (tertiary/aromatic N) is 2. The number of benzene rings is 1. The van der Waals surface area contributed by atoms with E-state index in [1.807, 2.05) is 25.1 Å². The predicted octanol–water partition coefficient (Wildman–Crippen LogP) is 3.11. The summed E-state index contributed by atoms with van der Waals surface area (Å²) in [6, 6.07) is 3.26. The van der Waals surface area contributed by atoms with Gasteiger partial charge in [-0.1, -0.05) is 46.2 Å². The molecule has 1 aromatic carbocycles. The van der Waals surface area contributed by atoms with Crippen molar-refractivity contribution in [2.45, 2.75) is 134 Å². The second kappa shape index (κ2) is 15.4. The van der Waals surface area contributed by atoms with Crippen LogP contribution in [0.1, 0.15) is 97.6 Å². The van der Waals surface area contributed by atoms with Gasteiger partial charge < -0.3 is 34.5 Å². The van der Waals surface area contributed by atoms with Gasteiger partial charge in [-0.3, -0.25) is 24.0 Å². The fourth-order valence-corrected chi connectivity index (χ4v) is 8.90. The molecule has 0 aromatic heterocycles. The first-order valence-electron chi connectivity index (χ1n) is 19.3. The molecule has 5 aliphatic rings. The van der Waals surface area contributed by atoms with Crippen molar-refractivity contribution in [2.75, 3.05) is 26.4 Å². The Morgan fingerprint density at radius 1 is 1.04 bits per heavy atom. The molecule has 4 bridgehead atoms. The number of amides is 5. The Labute approximate surface area is 322 Å². The lowest BCUT2D eigenvalue weighted by Crippen LogP contribution is -2.60. The molecule has 1 aromatic rings. The Kier molecular flexibility index (Phi) is 11.4. The van der Waals surface area contributed by atoms with Gasteiger partial charge in [-0.2, -0.15) is 0 Å². The molecule has 17 heteroatoms. The van der Waals surface area contributed by atoms with Crippen molar-refractivity contribution in [1.29, 1.82) is 0 Å². The van der Waals surface area contributed by atoms with E-state index < -0.39 is 79.9 Å². The first-order chi connectivity index (χ1) is 25.8. The molecule has 304 valence electrons. The van der Waals surface area contributed by atoms with Gasteiger partial charge in [0.2, 0.25) is 21.8 Å². The summed E-state index contributed by atoms with van der Waals surface area (Å²) in [6.45, 7) is 11.8. The van der Waals surface area contributed by atoms with Crippen LogP contribution in [-0.2, 0) is 51.7 Å². The van der Waals surface area contributed by atoms with Crippen LogP contribution in [0.15, 0.2) is 18.2 Å². The number of carbonyl (C=O) groups is 5. The minimum atomic E-state index is -3.90. The number of ether oxygens (including phenoxy) is 4. The van der Waals surface area contributed by atoms with Crippen molar-refractivity contribution in [3.8, 4) is 5.75 Å². The van der Waals surface area contributed by atoms with Crippen molar-refractivity contribution < 1.29 is 51.3 Å². The largest absolute Gasteiger partial charge is 0.493 e. The summed E-state index contributed by atoms with van der Waals surface area (Å²) in [4.78, 5) is 72.0. The lowest BCUT2D eigenvalue weighted by molar-refractivity contribution is -0.143. The van der Waals surface area contributed by atoms with Crippen LogP contribution >= 0.6 is 0 Å². The molecule has 6 rings (SSSR count). The number of cyclic esters (lactones) is 1. The number of nitrogens with one attached hydrogen (secondary N) is 3. The highest BCUT2D eigenvalue weighted by atomic mass is 32.2. The van der Waals surface area contributed by atoms with Gasteiger partial charge in [-0.25, -0.2) is 18.0 Å². The third-order valence-electron chi connectivity index (χ3n) is 11.1. The van der Waals surface area contributed by atoms with E-state index in [1.165, 1.54) is 9.80 Å². The van der Waals surface area contributed by atoms with Gasteiger partial charge in [0.25, 0.3) is 5.91 Å². The number of hydrogen-bond acceptors (Lipinski definition) is 11. The van der Waals surface area contributed by atoms with Crippen molar-refractivity contribution in [3.63, 3.8) is 0 Å². The summed E-state index contributed by atoms with van der Waals surface area (Å²) >= 11 is 0. The van der Waals surface area contributed by atoms with Crippen LogP contribution in [0.5, 0.6) is 5.75 Å². The predicted molar refractivity (Wildman–Crippen MR) is 198 cm³/mol. The molecule has 16 nitrogen and oxygen atoms in total. The Hall–Kier alpha value is -4.12. The summed E-state index contributed by atoms with van der Waals surface area (Å²) in [7, 11) is -3.90. The van der Waals surface area contributed by atoms with E-state index in [0.717, 1.165) is 11.1 Å². The number of hydrogen-bond donors (Lipinski definition) is 3. The molecule has 3 fully saturated rings.